The highest BCUT2D eigenvalue weighted by Crippen LogP contribution is 2.25. The Morgan fingerprint density at radius 1 is 0.939 bits per heavy atom. The summed E-state index contributed by atoms with van der Waals surface area (Å²) in [6, 6.07) is 21.8. The predicted molar refractivity (Wildman–Crippen MR) is 132 cm³/mol. The molecule has 1 aliphatic heterocycles. The number of nitrogens with one attached hydrogen (secondary N) is 1. The minimum Gasteiger partial charge on any atom is -0.369 e. The molecule has 6 heteroatoms. The second kappa shape index (κ2) is 9.38. The van der Waals surface area contributed by atoms with Gasteiger partial charge in [-0.25, -0.2) is 4.98 Å². The van der Waals surface area contributed by atoms with Crippen molar-refractivity contribution >= 4 is 22.5 Å². The SMILES string of the molecule is CN1CCN(c2ccccc2CNC(=O)c2cc(-c3ccncc3)nc3ccccc23)CC1. The van der Waals surface area contributed by atoms with Crippen LogP contribution >= 0.6 is 0 Å². The van der Waals surface area contributed by atoms with Crippen LogP contribution in [0.25, 0.3) is 22.2 Å². The molecule has 166 valence electrons. The molecule has 33 heavy (non-hydrogen) atoms. The van der Waals surface area contributed by atoms with Gasteiger partial charge in [0.2, 0.25) is 0 Å². The molecule has 1 amide bonds. The number of carbonyl (C=O) groups is 1. The van der Waals surface area contributed by atoms with Crippen molar-refractivity contribution in [1.29, 1.82) is 0 Å². The van der Waals surface area contributed by atoms with Gasteiger partial charge in [0.25, 0.3) is 5.91 Å². The van der Waals surface area contributed by atoms with Gasteiger partial charge in [-0.1, -0.05) is 36.4 Å². The van der Waals surface area contributed by atoms with E-state index < -0.39 is 0 Å². The van der Waals surface area contributed by atoms with Gasteiger partial charge >= 0.3 is 0 Å². The highest BCUT2D eigenvalue weighted by Gasteiger charge is 2.18. The Morgan fingerprint density at radius 3 is 2.48 bits per heavy atom. The summed E-state index contributed by atoms with van der Waals surface area (Å²) in [4.78, 5) is 27.0. The second-order valence-corrected chi connectivity index (χ2v) is 8.41. The van der Waals surface area contributed by atoms with Crippen LogP contribution in [0.2, 0.25) is 0 Å². The van der Waals surface area contributed by atoms with Crippen LogP contribution in [0.1, 0.15) is 15.9 Å². The van der Waals surface area contributed by atoms with E-state index >= 15 is 0 Å². The average molecular weight is 438 g/mol. The molecule has 1 aliphatic rings. The molecule has 2 aromatic carbocycles. The standard InChI is InChI=1S/C27H27N5O/c1-31-14-16-32(17-15-31)26-9-5-2-6-21(26)19-29-27(33)23-18-25(20-10-12-28-13-11-20)30-24-8-4-3-7-22(23)24/h2-13,18H,14-17,19H2,1H3,(H,29,33). The molecule has 1 N–H and O–H groups in total. The molecule has 5 rings (SSSR count). The molecular weight excluding hydrogens is 410 g/mol. The quantitative estimate of drug-likeness (QED) is 0.512. The number of piperazine rings is 1. The third-order valence-corrected chi connectivity index (χ3v) is 6.21. The maximum Gasteiger partial charge on any atom is 0.252 e. The summed E-state index contributed by atoms with van der Waals surface area (Å²) in [5.41, 5.74) is 5.45. The fourth-order valence-electron chi connectivity index (χ4n) is 4.32. The molecule has 1 fully saturated rings. The molecule has 0 saturated carbocycles. The maximum absolute atomic E-state index is 13.4. The molecule has 0 spiro atoms. The van der Waals surface area contributed by atoms with Gasteiger partial charge < -0.3 is 15.1 Å². The molecule has 6 nitrogen and oxygen atoms in total. The van der Waals surface area contributed by atoms with Crippen LogP contribution in [0.4, 0.5) is 5.69 Å². The van der Waals surface area contributed by atoms with E-state index in [1.54, 1.807) is 12.4 Å². The predicted octanol–water partition coefficient (Wildman–Crippen LogP) is 3.98. The number of anilines is 1. The van der Waals surface area contributed by atoms with Gasteiger partial charge in [0.15, 0.2) is 0 Å². The van der Waals surface area contributed by atoms with E-state index in [4.69, 9.17) is 4.98 Å². The summed E-state index contributed by atoms with van der Waals surface area (Å²) < 4.78 is 0. The summed E-state index contributed by atoms with van der Waals surface area (Å²) in [6.45, 7) is 4.54. The Bertz CT molecular complexity index is 1270. The van der Waals surface area contributed by atoms with Gasteiger partial charge in [-0.05, 0) is 42.9 Å². The van der Waals surface area contributed by atoms with E-state index in [1.165, 1.54) is 5.69 Å². The Kier molecular flexibility index (Phi) is 6.00. The van der Waals surface area contributed by atoms with Crippen LogP contribution in [0.3, 0.4) is 0 Å². The number of hydrogen-bond donors (Lipinski definition) is 1. The Balaban J connectivity index is 1.42. The molecule has 4 aromatic rings. The number of aromatic nitrogens is 2. The molecule has 0 unspecified atom stereocenters. The van der Waals surface area contributed by atoms with Crippen molar-refractivity contribution < 1.29 is 4.79 Å². The number of amides is 1. The zero-order valence-corrected chi connectivity index (χ0v) is 18.7. The second-order valence-electron chi connectivity index (χ2n) is 8.41. The minimum absolute atomic E-state index is 0.0999. The molecule has 0 bridgehead atoms. The monoisotopic (exact) mass is 437 g/mol. The van der Waals surface area contributed by atoms with E-state index in [0.717, 1.165) is 53.9 Å². The molecule has 0 aliphatic carbocycles. The van der Waals surface area contributed by atoms with Gasteiger partial charge in [-0.2, -0.15) is 0 Å². The Labute approximate surface area is 193 Å². The van der Waals surface area contributed by atoms with Crippen LogP contribution < -0.4 is 10.2 Å². The zero-order chi connectivity index (χ0) is 22.6. The van der Waals surface area contributed by atoms with Gasteiger partial charge in [0, 0.05) is 61.8 Å². The first-order valence-corrected chi connectivity index (χ1v) is 11.3. The number of carbonyl (C=O) groups excluding carboxylic acids is 1. The zero-order valence-electron chi connectivity index (χ0n) is 18.7. The van der Waals surface area contributed by atoms with Crippen molar-refractivity contribution in [3.05, 3.63) is 90.3 Å². The molecular formula is C27H27N5O. The highest BCUT2D eigenvalue weighted by molar-refractivity contribution is 6.07. The number of benzene rings is 2. The number of hydrogen-bond acceptors (Lipinski definition) is 5. The lowest BCUT2D eigenvalue weighted by Gasteiger charge is -2.35. The fourth-order valence-corrected chi connectivity index (χ4v) is 4.32. The van der Waals surface area contributed by atoms with Crippen LogP contribution in [0.15, 0.2) is 79.1 Å². The van der Waals surface area contributed by atoms with Gasteiger partial charge in [0.1, 0.15) is 0 Å². The molecule has 0 radical (unpaired) electrons. The van der Waals surface area contributed by atoms with Crippen molar-refractivity contribution in [2.75, 3.05) is 38.1 Å². The summed E-state index contributed by atoms with van der Waals surface area (Å²) in [5, 5.41) is 4.01. The van der Waals surface area contributed by atoms with E-state index in [1.807, 2.05) is 48.5 Å². The largest absolute Gasteiger partial charge is 0.369 e. The van der Waals surface area contributed by atoms with E-state index in [-0.39, 0.29) is 5.91 Å². The van der Waals surface area contributed by atoms with Crippen molar-refractivity contribution in [3.8, 4) is 11.3 Å². The maximum atomic E-state index is 13.4. The lowest BCUT2D eigenvalue weighted by molar-refractivity contribution is 0.0952. The number of rotatable bonds is 5. The number of pyridine rings is 2. The topological polar surface area (TPSA) is 61.4 Å². The van der Waals surface area contributed by atoms with Crippen LogP contribution in [0.5, 0.6) is 0 Å². The normalized spacial score (nSPS) is 14.4. The van der Waals surface area contributed by atoms with Gasteiger partial charge in [-0.15, -0.1) is 0 Å². The van der Waals surface area contributed by atoms with Crippen molar-refractivity contribution in [3.63, 3.8) is 0 Å². The van der Waals surface area contributed by atoms with Crippen LogP contribution in [-0.4, -0.2) is 54.0 Å². The number of para-hydroxylation sites is 2. The lowest BCUT2D eigenvalue weighted by atomic mass is 10.0. The first kappa shape index (κ1) is 21.1. The number of fused-ring (bicyclic) bond motifs is 1. The fraction of sp³-hybridized carbons (Fsp3) is 0.222. The van der Waals surface area contributed by atoms with Crippen molar-refractivity contribution in [2.24, 2.45) is 0 Å². The first-order valence-electron chi connectivity index (χ1n) is 11.3. The molecule has 1 saturated heterocycles. The summed E-state index contributed by atoms with van der Waals surface area (Å²) >= 11 is 0. The van der Waals surface area contributed by atoms with E-state index in [0.29, 0.717) is 12.1 Å². The molecule has 3 heterocycles. The Hall–Kier alpha value is -3.77. The summed E-state index contributed by atoms with van der Waals surface area (Å²) in [5.74, 6) is -0.0999. The van der Waals surface area contributed by atoms with Crippen LogP contribution in [0, 0.1) is 0 Å². The van der Waals surface area contributed by atoms with Gasteiger partial charge in [0.05, 0.1) is 16.8 Å². The Morgan fingerprint density at radius 2 is 1.67 bits per heavy atom. The van der Waals surface area contributed by atoms with Gasteiger partial charge in [-0.3, -0.25) is 9.78 Å². The molecule has 0 atom stereocenters. The number of likely N-dealkylation sites (N-methyl/N-ethyl adjacent to an activating group) is 1. The van der Waals surface area contributed by atoms with Crippen molar-refractivity contribution in [1.82, 2.24) is 20.2 Å². The van der Waals surface area contributed by atoms with E-state index in [2.05, 4.69) is 45.3 Å². The van der Waals surface area contributed by atoms with Crippen LogP contribution in [-0.2, 0) is 6.54 Å². The molecule has 2 aromatic heterocycles. The van der Waals surface area contributed by atoms with E-state index in [9.17, 15) is 4.79 Å². The average Bonchev–Trinajstić information content (AvgIpc) is 2.88. The summed E-state index contributed by atoms with van der Waals surface area (Å²) in [6.07, 6.45) is 3.47. The number of nitrogens with zero attached hydrogens (tertiary/aromatic N) is 4. The lowest BCUT2D eigenvalue weighted by Crippen LogP contribution is -2.45. The third kappa shape index (κ3) is 4.56. The highest BCUT2D eigenvalue weighted by atomic mass is 16.1. The smallest absolute Gasteiger partial charge is 0.252 e. The first-order chi connectivity index (χ1) is 16.2. The van der Waals surface area contributed by atoms with Crippen molar-refractivity contribution in [2.45, 2.75) is 6.54 Å². The minimum atomic E-state index is -0.0999. The third-order valence-electron chi connectivity index (χ3n) is 6.21. The summed E-state index contributed by atoms with van der Waals surface area (Å²) in [7, 11) is 2.16.